The van der Waals surface area contributed by atoms with Gasteiger partial charge in [0.2, 0.25) is 5.91 Å². The molecular weight excluding hydrogens is 278 g/mol. The fourth-order valence-corrected chi connectivity index (χ4v) is 2.01. The fraction of sp³-hybridized carbons (Fsp3) is 0.438. The lowest BCUT2D eigenvalue weighted by Gasteiger charge is -2.09. The van der Waals surface area contributed by atoms with Crippen molar-refractivity contribution in [2.45, 2.75) is 45.6 Å². The lowest BCUT2D eigenvalue weighted by atomic mass is 10.1. The van der Waals surface area contributed by atoms with E-state index in [9.17, 15) is 4.79 Å². The molecule has 0 fully saturated rings. The van der Waals surface area contributed by atoms with Gasteiger partial charge in [-0.2, -0.15) is 5.10 Å². The summed E-state index contributed by atoms with van der Waals surface area (Å²) in [5, 5.41) is 10.1. The molecule has 0 bridgehead atoms. The third-order valence-electron chi connectivity index (χ3n) is 3.32. The summed E-state index contributed by atoms with van der Waals surface area (Å²) in [6.07, 6.45) is 1.06. The largest absolute Gasteiger partial charge is 0.328 e. The fourth-order valence-electron chi connectivity index (χ4n) is 2.01. The van der Waals surface area contributed by atoms with Crippen LogP contribution in [0.5, 0.6) is 0 Å². The van der Waals surface area contributed by atoms with Crippen molar-refractivity contribution in [1.29, 1.82) is 0 Å². The van der Waals surface area contributed by atoms with Crippen molar-refractivity contribution in [3.63, 3.8) is 0 Å². The number of amides is 1. The summed E-state index contributed by atoms with van der Waals surface area (Å²) in [5.74, 6) is 1.64. The van der Waals surface area contributed by atoms with E-state index < -0.39 is 0 Å². The highest BCUT2D eigenvalue weighted by molar-refractivity contribution is 5.94. The van der Waals surface area contributed by atoms with Gasteiger partial charge in [-0.1, -0.05) is 26.0 Å². The van der Waals surface area contributed by atoms with Gasteiger partial charge >= 0.3 is 0 Å². The van der Waals surface area contributed by atoms with E-state index >= 15 is 0 Å². The molecule has 0 radical (unpaired) electrons. The Kier molecular flexibility index (Phi) is 5.27. The second-order valence-electron chi connectivity index (χ2n) is 5.81. The van der Waals surface area contributed by atoms with Gasteiger partial charge in [0.1, 0.15) is 5.82 Å². The number of rotatable bonds is 6. The van der Waals surface area contributed by atoms with E-state index in [0.29, 0.717) is 24.4 Å². The number of nitrogens with one attached hydrogen (secondary N) is 2. The van der Waals surface area contributed by atoms with E-state index in [4.69, 9.17) is 5.73 Å². The summed E-state index contributed by atoms with van der Waals surface area (Å²) in [6.45, 7) is 5.99. The number of aromatic nitrogens is 3. The van der Waals surface area contributed by atoms with Crippen LogP contribution in [0, 0.1) is 0 Å². The van der Waals surface area contributed by atoms with Crippen LogP contribution in [-0.2, 0) is 4.79 Å². The van der Waals surface area contributed by atoms with Crippen molar-refractivity contribution >= 4 is 11.6 Å². The number of para-hydroxylation sites is 1. The van der Waals surface area contributed by atoms with Crippen LogP contribution in [0.3, 0.4) is 0 Å². The standard InChI is InChI=1S/C16H23N5O/c1-10(2)15-19-16(21-20-15)12-6-4-5-7-13(12)18-14(22)9-8-11(3)17/h4-7,10-11H,8-9,17H2,1-3H3,(H,18,22)(H,19,20,21). The van der Waals surface area contributed by atoms with E-state index in [2.05, 4.69) is 20.5 Å². The molecule has 4 N–H and O–H groups in total. The summed E-state index contributed by atoms with van der Waals surface area (Å²) >= 11 is 0. The first-order valence-electron chi connectivity index (χ1n) is 7.54. The second kappa shape index (κ2) is 7.17. The predicted octanol–water partition coefficient (Wildman–Crippen LogP) is 2.66. The molecule has 1 amide bonds. The molecule has 1 heterocycles. The Labute approximate surface area is 130 Å². The number of benzene rings is 1. The van der Waals surface area contributed by atoms with E-state index in [1.165, 1.54) is 0 Å². The lowest BCUT2D eigenvalue weighted by Crippen LogP contribution is -2.19. The molecule has 118 valence electrons. The number of carbonyl (C=O) groups excluding carboxylic acids is 1. The van der Waals surface area contributed by atoms with Crippen LogP contribution in [0.25, 0.3) is 11.4 Å². The van der Waals surface area contributed by atoms with Crippen LogP contribution in [0.4, 0.5) is 5.69 Å². The van der Waals surface area contributed by atoms with E-state index in [1.54, 1.807) is 0 Å². The van der Waals surface area contributed by atoms with Crippen LogP contribution >= 0.6 is 0 Å². The number of carbonyl (C=O) groups is 1. The zero-order chi connectivity index (χ0) is 16.1. The molecule has 1 atom stereocenters. The molecule has 0 spiro atoms. The first-order valence-corrected chi connectivity index (χ1v) is 7.54. The summed E-state index contributed by atoms with van der Waals surface area (Å²) in [7, 11) is 0. The molecule has 0 aliphatic rings. The van der Waals surface area contributed by atoms with Gasteiger partial charge in [0.15, 0.2) is 5.82 Å². The topological polar surface area (TPSA) is 96.7 Å². The maximum atomic E-state index is 12.0. The second-order valence-corrected chi connectivity index (χ2v) is 5.81. The minimum atomic E-state index is -0.0515. The highest BCUT2D eigenvalue weighted by Crippen LogP contribution is 2.26. The van der Waals surface area contributed by atoms with Crippen LogP contribution in [0.15, 0.2) is 24.3 Å². The monoisotopic (exact) mass is 301 g/mol. The molecule has 22 heavy (non-hydrogen) atoms. The Hall–Kier alpha value is -2.21. The van der Waals surface area contributed by atoms with Gasteiger partial charge in [-0.3, -0.25) is 9.89 Å². The van der Waals surface area contributed by atoms with E-state index in [0.717, 1.165) is 11.4 Å². The van der Waals surface area contributed by atoms with E-state index in [-0.39, 0.29) is 17.9 Å². The highest BCUT2D eigenvalue weighted by atomic mass is 16.1. The molecule has 2 aromatic rings. The van der Waals surface area contributed by atoms with Crippen LogP contribution in [0.1, 0.15) is 45.4 Å². The highest BCUT2D eigenvalue weighted by Gasteiger charge is 2.13. The number of anilines is 1. The normalized spacial score (nSPS) is 12.4. The third-order valence-corrected chi connectivity index (χ3v) is 3.32. The van der Waals surface area contributed by atoms with Gasteiger partial charge in [-0.15, -0.1) is 0 Å². The molecule has 1 unspecified atom stereocenters. The smallest absolute Gasteiger partial charge is 0.224 e. The van der Waals surface area contributed by atoms with Crippen LogP contribution < -0.4 is 11.1 Å². The van der Waals surface area contributed by atoms with Gasteiger partial charge in [-0.25, -0.2) is 4.98 Å². The molecular formula is C16H23N5O. The number of H-pyrrole nitrogens is 1. The number of nitrogens with two attached hydrogens (primary N) is 1. The molecule has 1 aromatic carbocycles. The predicted molar refractivity (Wildman–Crippen MR) is 87.4 cm³/mol. The zero-order valence-electron chi connectivity index (χ0n) is 13.3. The van der Waals surface area contributed by atoms with Gasteiger partial charge < -0.3 is 11.1 Å². The Bertz CT molecular complexity index is 633. The Morgan fingerprint density at radius 1 is 1.32 bits per heavy atom. The van der Waals surface area contributed by atoms with Crippen molar-refractivity contribution in [1.82, 2.24) is 15.2 Å². The molecule has 0 saturated carbocycles. The van der Waals surface area contributed by atoms with Crippen molar-refractivity contribution in [3.8, 4) is 11.4 Å². The maximum absolute atomic E-state index is 12.0. The summed E-state index contributed by atoms with van der Waals surface area (Å²) in [4.78, 5) is 16.5. The van der Waals surface area contributed by atoms with Crippen molar-refractivity contribution < 1.29 is 4.79 Å². The third kappa shape index (κ3) is 4.14. The first-order chi connectivity index (χ1) is 10.5. The van der Waals surface area contributed by atoms with Crippen LogP contribution in [-0.4, -0.2) is 27.1 Å². The Balaban J connectivity index is 2.17. The number of hydrogen-bond donors (Lipinski definition) is 3. The average Bonchev–Trinajstić information content (AvgIpc) is 2.95. The molecule has 1 aromatic heterocycles. The van der Waals surface area contributed by atoms with Crippen molar-refractivity contribution in [2.24, 2.45) is 5.73 Å². The molecule has 6 heteroatoms. The first kappa shape index (κ1) is 16.2. The van der Waals surface area contributed by atoms with Crippen molar-refractivity contribution in [3.05, 3.63) is 30.1 Å². The van der Waals surface area contributed by atoms with Crippen LogP contribution in [0.2, 0.25) is 0 Å². The van der Waals surface area contributed by atoms with E-state index in [1.807, 2.05) is 45.0 Å². The zero-order valence-corrected chi connectivity index (χ0v) is 13.3. The van der Waals surface area contributed by atoms with Gasteiger partial charge in [0, 0.05) is 23.9 Å². The molecule has 2 rings (SSSR count). The maximum Gasteiger partial charge on any atom is 0.224 e. The number of hydrogen-bond acceptors (Lipinski definition) is 4. The molecule has 6 nitrogen and oxygen atoms in total. The number of nitrogens with zero attached hydrogens (tertiary/aromatic N) is 2. The minimum Gasteiger partial charge on any atom is -0.328 e. The van der Waals surface area contributed by atoms with Gasteiger partial charge in [-0.05, 0) is 25.5 Å². The summed E-state index contributed by atoms with van der Waals surface area (Å²) in [6, 6.07) is 7.54. The molecule has 0 saturated heterocycles. The quantitative estimate of drug-likeness (QED) is 0.764. The Morgan fingerprint density at radius 2 is 2.05 bits per heavy atom. The minimum absolute atomic E-state index is 0.0163. The van der Waals surface area contributed by atoms with Gasteiger partial charge in [0.25, 0.3) is 0 Å². The molecule has 0 aliphatic carbocycles. The Morgan fingerprint density at radius 3 is 2.68 bits per heavy atom. The molecule has 0 aliphatic heterocycles. The van der Waals surface area contributed by atoms with Gasteiger partial charge in [0.05, 0.1) is 5.69 Å². The SMILES string of the molecule is CC(N)CCC(=O)Nc1ccccc1-c1n[nH]c(C(C)C)n1. The van der Waals surface area contributed by atoms with Crippen molar-refractivity contribution in [2.75, 3.05) is 5.32 Å². The summed E-state index contributed by atoms with van der Waals surface area (Å²) < 4.78 is 0. The average molecular weight is 301 g/mol. The number of aromatic amines is 1. The lowest BCUT2D eigenvalue weighted by molar-refractivity contribution is -0.116. The summed E-state index contributed by atoms with van der Waals surface area (Å²) in [5.41, 5.74) is 7.20.